The van der Waals surface area contributed by atoms with E-state index in [9.17, 15) is 4.79 Å². The summed E-state index contributed by atoms with van der Waals surface area (Å²) in [6, 6.07) is 13.8. The average Bonchev–Trinajstić information content (AvgIpc) is 2.91. The molecule has 0 unspecified atom stereocenters. The fraction of sp³-hybridized carbons (Fsp3) is 0.200. The lowest BCUT2D eigenvalue weighted by Gasteiger charge is -2.11. The van der Waals surface area contributed by atoms with Crippen molar-refractivity contribution in [1.29, 1.82) is 0 Å². The van der Waals surface area contributed by atoms with Crippen LogP contribution in [0.15, 0.2) is 53.2 Å². The van der Waals surface area contributed by atoms with Crippen LogP contribution in [-0.2, 0) is 9.53 Å². The van der Waals surface area contributed by atoms with E-state index in [2.05, 4.69) is 4.99 Å². The summed E-state index contributed by atoms with van der Waals surface area (Å²) in [5.74, 6) is -0.0563. The number of rotatable bonds is 3. The summed E-state index contributed by atoms with van der Waals surface area (Å²) in [4.78, 5) is 18.5. The second-order valence-corrected chi connectivity index (χ2v) is 6.12. The summed E-state index contributed by atoms with van der Waals surface area (Å²) >= 11 is 0. The number of hydrogen-bond acceptors (Lipinski definition) is 4. The molecule has 0 N–H and O–H groups in total. The van der Waals surface area contributed by atoms with Crippen molar-refractivity contribution in [3.05, 3.63) is 70.4 Å². The third-order valence-electron chi connectivity index (χ3n) is 4.09. The second kappa shape index (κ2) is 6.32. The summed E-state index contributed by atoms with van der Waals surface area (Å²) in [5.41, 5.74) is 5.49. The van der Waals surface area contributed by atoms with E-state index in [1.165, 1.54) is 5.56 Å². The smallest absolute Gasteiger partial charge is 0.363 e. The SMILES string of the molecule is Cc1ccc(C2=NC(=Cc3ccc(N(C)C)cc3)C(=O)O2)cc1C. The number of anilines is 1. The predicted octanol–water partition coefficient (Wildman–Crippen LogP) is 3.71. The van der Waals surface area contributed by atoms with Crippen LogP contribution < -0.4 is 4.90 Å². The quantitative estimate of drug-likeness (QED) is 0.639. The van der Waals surface area contributed by atoms with Crippen LogP contribution in [0.1, 0.15) is 22.3 Å². The molecule has 0 aliphatic carbocycles. The van der Waals surface area contributed by atoms with Crippen molar-refractivity contribution in [2.24, 2.45) is 4.99 Å². The molecule has 0 aromatic heterocycles. The van der Waals surface area contributed by atoms with Gasteiger partial charge >= 0.3 is 5.97 Å². The lowest BCUT2D eigenvalue weighted by molar-refractivity contribution is -0.129. The molecule has 24 heavy (non-hydrogen) atoms. The molecule has 2 aromatic carbocycles. The van der Waals surface area contributed by atoms with E-state index in [1.54, 1.807) is 6.08 Å². The van der Waals surface area contributed by atoms with E-state index in [-0.39, 0.29) is 0 Å². The number of nitrogens with zero attached hydrogens (tertiary/aromatic N) is 2. The Morgan fingerprint density at radius 3 is 2.33 bits per heavy atom. The van der Waals surface area contributed by atoms with E-state index in [1.807, 2.05) is 75.3 Å². The van der Waals surface area contributed by atoms with Crippen LogP contribution in [0, 0.1) is 13.8 Å². The number of esters is 1. The molecule has 1 aliphatic heterocycles. The third-order valence-corrected chi connectivity index (χ3v) is 4.09. The molecule has 122 valence electrons. The lowest BCUT2D eigenvalue weighted by Crippen LogP contribution is -2.08. The van der Waals surface area contributed by atoms with Crippen LogP contribution in [-0.4, -0.2) is 26.0 Å². The minimum atomic E-state index is -0.417. The molecule has 1 heterocycles. The highest BCUT2D eigenvalue weighted by molar-refractivity contribution is 6.12. The van der Waals surface area contributed by atoms with Crippen molar-refractivity contribution >= 4 is 23.6 Å². The van der Waals surface area contributed by atoms with Crippen LogP contribution in [0.5, 0.6) is 0 Å². The standard InChI is InChI=1S/C20H20N2O2/c1-13-5-8-16(11-14(13)2)19-21-18(20(23)24-19)12-15-6-9-17(10-7-15)22(3)4/h5-12H,1-4H3. The van der Waals surface area contributed by atoms with Gasteiger partial charge in [0.1, 0.15) is 0 Å². The molecule has 0 spiro atoms. The molecule has 0 saturated carbocycles. The Morgan fingerprint density at radius 2 is 1.71 bits per heavy atom. The Balaban J connectivity index is 1.89. The minimum Gasteiger partial charge on any atom is -0.402 e. The van der Waals surface area contributed by atoms with E-state index in [4.69, 9.17) is 4.74 Å². The average molecular weight is 320 g/mol. The monoisotopic (exact) mass is 320 g/mol. The maximum atomic E-state index is 12.1. The van der Waals surface area contributed by atoms with Gasteiger partial charge in [0, 0.05) is 25.3 Å². The molecule has 0 atom stereocenters. The summed E-state index contributed by atoms with van der Waals surface area (Å²) < 4.78 is 5.32. The topological polar surface area (TPSA) is 41.9 Å². The van der Waals surface area contributed by atoms with Crippen LogP contribution in [0.2, 0.25) is 0 Å². The van der Waals surface area contributed by atoms with E-state index in [0.29, 0.717) is 11.6 Å². The number of aliphatic imine (C=N–C) groups is 1. The van der Waals surface area contributed by atoms with Crippen LogP contribution in [0.3, 0.4) is 0 Å². The van der Waals surface area contributed by atoms with Crippen LogP contribution >= 0.6 is 0 Å². The zero-order chi connectivity index (χ0) is 17.3. The summed E-state index contributed by atoms with van der Waals surface area (Å²) in [7, 11) is 3.98. The number of benzene rings is 2. The molecule has 3 rings (SSSR count). The highest BCUT2D eigenvalue weighted by Crippen LogP contribution is 2.21. The lowest BCUT2D eigenvalue weighted by atomic mass is 10.1. The Labute approximate surface area is 142 Å². The predicted molar refractivity (Wildman–Crippen MR) is 97.3 cm³/mol. The minimum absolute atomic E-state index is 0.320. The Bertz CT molecular complexity index is 846. The van der Waals surface area contributed by atoms with E-state index in [0.717, 1.165) is 22.4 Å². The van der Waals surface area contributed by atoms with Gasteiger partial charge in [0.25, 0.3) is 0 Å². The zero-order valence-electron chi connectivity index (χ0n) is 14.3. The molecule has 0 bridgehead atoms. The molecule has 0 fully saturated rings. The van der Waals surface area contributed by atoms with Crippen molar-refractivity contribution in [3.8, 4) is 0 Å². The molecule has 2 aromatic rings. The highest BCUT2D eigenvalue weighted by Gasteiger charge is 2.24. The maximum Gasteiger partial charge on any atom is 0.363 e. The molecule has 0 amide bonds. The van der Waals surface area contributed by atoms with Gasteiger partial charge in [-0.3, -0.25) is 0 Å². The molecule has 0 saturated heterocycles. The first kappa shape index (κ1) is 16.0. The van der Waals surface area contributed by atoms with Crippen molar-refractivity contribution < 1.29 is 9.53 Å². The molecule has 4 nitrogen and oxygen atoms in total. The van der Waals surface area contributed by atoms with Crippen LogP contribution in [0.4, 0.5) is 5.69 Å². The van der Waals surface area contributed by atoms with Gasteiger partial charge in [0.2, 0.25) is 5.90 Å². The molecule has 0 radical (unpaired) electrons. The van der Waals surface area contributed by atoms with Crippen LogP contribution in [0.25, 0.3) is 6.08 Å². The molecular formula is C20H20N2O2. The van der Waals surface area contributed by atoms with Gasteiger partial charge in [-0.2, -0.15) is 0 Å². The van der Waals surface area contributed by atoms with Gasteiger partial charge in [0.05, 0.1) is 0 Å². The summed E-state index contributed by atoms with van der Waals surface area (Å²) in [6.45, 7) is 4.07. The Kier molecular flexibility index (Phi) is 4.21. The van der Waals surface area contributed by atoms with Crippen molar-refractivity contribution in [1.82, 2.24) is 0 Å². The van der Waals surface area contributed by atoms with Gasteiger partial charge < -0.3 is 9.64 Å². The van der Waals surface area contributed by atoms with E-state index < -0.39 is 5.97 Å². The number of carbonyl (C=O) groups is 1. The van der Waals surface area contributed by atoms with Crippen molar-refractivity contribution in [3.63, 3.8) is 0 Å². The van der Waals surface area contributed by atoms with E-state index >= 15 is 0 Å². The molecule has 1 aliphatic rings. The van der Waals surface area contributed by atoms with Crippen molar-refractivity contribution in [2.45, 2.75) is 13.8 Å². The molecule has 4 heteroatoms. The fourth-order valence-electron chi connectivity index (χ4n) is 2.43. The number of hydrogen-bond donors (Lipinski definition) is 0. The first-order valence-electron chi connectivity index (χ1n) is 7.81. The van der Waals surface area contributed by atoms with Crippen molar-refractivity contribution in [2.75, 3.05) is 19.0 Å². The number of aryl methyl sites for hydroxylation is 2. The molecular weight excluding hydrogens is 300 g/mol. The first-order valence-corrected chi connectivity index (χ1v) is 7.81. The van der Waals surface area contributed by atoms with Gasteiger partial charge in [-0.1, -0.05) is 18.2 Å². The van der Waals surface area contributed by atoms with Gasteiger partial charge in [0.15, 0.2) is 5.70 Å². The highest BCUT2D eigenvalue weighted by atomic mass is 16.6. The van der Waals surface area contributed by atoms with Gasteiger partial charge in [-0.15, -0.1) is 0 Å². The summed E-state index contributed by atoms with van der Waals surface area (Å²) in [6.07, 6.45) is 1.75. The number of carbonyl (C=O) groups excluding carboxylic acids is 1. The maximum absolute atomic E-state index is 12.1. The third kappa shape index (κ3) is 3.23. The number of cyclic esters (lactones) is 1. The first-order chi connectivity index (χ1) is 11.4. The Hall–Kier alpha value is -2.88. The van der Waals surface area contributed by atoms with Gasteiger partial charge in [-0.25, -0.2) is 9.79 Å². The summed E-state index contributed by atoms with van der Waals surface area (Å²) in [5, 5.41) is 0. The largest absolute Gasteiger partial charge is 0.402 e. The van der Waals surface area contributed by atoms with Gasteiger partial charge in [-0.05, 0) is 60.9 Å². The normalized spacial score (nSPS) is 15.4. The Morgan fingerprint density at radius 1 is 1.00 bits per heavy atom. The second-order valence-electron chi connectivity index (χ2n) is 6.12. The zero-order valence-corrected chi connectivity index (χ0v) is 14.3. The fourth-order valence-corrected chi connectivity index (χ4v) is 2.43. The number of ether oxygens (including phenoxy) is 1.